The molecule has 1 aromatic rings. The molecule has 5 heteroatoms. The Hall–Kier alpha value is -1.78. The standard InChI is InChI=1S/C15H22N2O3/c1-4-15(5-2)14(19)17(9-8-13(18)16-15)10-12-7-6-11(3)20-12/h6-7H,4-5,8-10H2,1-3H3,(H,16,18). The molecule has 0 bridgehead atoms. The first-order chi connectivity index (χ1) is 9.50. The van der Waals surface area contributed by atoms with Gasteiger partial charge in [0.15, 0.2) is 0 Å². The molecular weight excluding hydrogens is 256 g/mol. The molecule has 0 saturated carbocycles. The molecule has 2 rings (SSSR count). The summed E-state index contributed by atoms with van der Waals surface area (Å²) in [5, 5.41) is 2.90. The van der Waals surface area contributed by atoms with E-state index in [-0.39, 0.29) is 11.8 Å². The van der Waals surface area contributed by atoms with Crippen LogP contribution in [0.1, 0.15) is 44.6 Å². The van der Waals surface area contributed by atoms with E-state index in [4.69, 9.17) is 4.42 Å². The van der Waals surface area contributed by atoms with Crippen molar-refractivity contribution in [2.45, 2.75) is 52.1 Å². The van der Waals surface area contributed by atoms with Crippen molar-refractivity contribution in [3.8, 4) is 0 Å². The van der Waals surface area contributed by atoms with Gasteiger partial charge in [0.25, 0.3) is 0 Å². The van der Waals surface area contributed by atoms with E-state index in [2.05, 4.69) is 5.32 Å². The van der Waals surface area contributed by atoms with E-state index in [1.54, 1.807) is 4.90 Å². The molecular formula is C15H22N2O3. The van der Waals surface area contributed by atoms with Gasteiger partial charge in [-0.15, -0.1) is 0 Å². The van der Waals surface area contributed by atoms with Crippen molar-refractivity contribution in [1.29, 1.82) is 0 Å². The van der Waals surface area contributed by atoms with Gasteiger partial charge in [0.1, 0.15) is 17.1 Å². The van der Waals surface area contributed by atoms with Crippen LogP contribution < -0.4 is 5.32 Å². The summed E-state index contributed by atoms with van der Waals surface area (Å²) in [7, 11) is 0. The molecule has 1 aliphatic rings. The Kier molecular flexibility index (Phi) is 4.16. The lowest BCUT2D eigenvalue weighted by atomic mass is 9.91. The zero-order valence-corrected chi connectivity index (χ0v) is 12.4. The van der Waals surface area contributed by atoms with Crippen molar-refractivity contribution < 1.29 is 14.0 Å². The summed E-state index contributed by atoms with van der Waals surface area (Å²) in [6, 6.07) is 3.76. The molecule has 0 unspecified atom stereocenters. The number of hydrogen-bond acceptors (Lipinski definition) is 3. The molecule has 2 heterocycles. The van der Waals surface area contributed by atoms with Crippen LogP contribution in [0.2, 0.25) is 0 Å². The molecule has 110 valence electrons. The van der Waals surface area contributed by atoms with Gasteiger partial charge < -0.3 is 14.6 Å². The third-order valence-corrected chi connectivity index (χ3v) is 4.03. The van der Waals surface area contributed by atoms with Crippen LogP contribution in [0.5, 0.6) is 0 Å². The molecule has 0 spiro atoms. The first-order valence-electron chi connectivity index (χ1n) is 7.16. The number of rotatable bonds is 4. The number of furan rings is 1. The zero-order chi connectivity index (χ0) is 14.8. The predicted molar refractivity (Wildman–Crippen MR) is 74.9 cm³/mol. The summed E-state index contributed by atoms with van der Waals surface area (Å²) in [6.07, 6.45) is 1.54. The Morgan fingerprint density at radius 2 is 2.00 bits per heavy atom. The van der Waals surface area contributed by atoms with Gasteiger partial charge in [-0.05, 0) is 31.9 Å². The van der Waals surface area contributed by atoms with Gasteiger partial charge in [0.2, 0.25) is 11.8 Å². The minimum Gasteiger partial charge on any atom is -0.464 e. The van der Waals surface area contributed by atoms with Crippen LogP contribution >= 0.6 is 0 Å². The fraction of sp³-hybridized carbons (Fsp3) is 0.600. The van der Waals surface area contributed by atoms with Gasteiger partial charge in [-0.25, -0.2) is 0 Å². The quantitative estimate of drug-likeness (QED) is 0.916. The lowest BCUT2D eigenvalue weighted by Gasteiger charge is -2.33. The van der Waals surface area contributed by atoms with Crippen LogP contribution in [-0.4, -0.2) is 28.8 Å². The SMILES string of the molecule is CCC1(CC)NC(=O)CCN(Cc2ccc(C)o2)C1=O. The summed E-state index contributed by atoms with van der Waals surface area (Å²) in [6.45, 7) is 6.60. The number of nitrogens with one attached hydrogen (secondary N) is 1. The van der Waals surface area contributed by atoms with Crippen LogP contribution in [0.25, 0.3) is 0 Å². The molecule has 1 N–H and O–H groups in total. The van der Waals surface area contributed by atoms with Crippen molar-refractivity contribution in [2.75, 3.05) is 6.54 Å². The summed E-state index contributed by atoms with van der Waals surface area (Å²) in [4.78, 5) is 26.3. The highest BCUT2D eigenvalue weighted by Crippen LogP contribution is 2.23. The van der Waals surface area contributed by atoms with E-state index in [9.17, 15) is 9.59 Å². The highest BCUT2D eigenvalue weighted by atomic mass is 16.3. The average Bonchev–Trinajstić information content (AvgIpc) is 2.80. The minimum absolute atomic E-state index is 0.0117. The monoisotopic (exact) mass is 278 g/mol. The van der Waals surface area contributed by atoms with Crippen molar-refractivity contribution >= 4 is 11.8 Å². The first kappa shape index (κ1) is 14.6. The highest BCUT2D eigenvalue weighted by Gasteiger charge is 2.41. The maximum atomic E-state index is 12.8. The minimum atomic E-state index is -0.769. The van der Waals surface area contributed by atoms with Crippen LogP contribution in [0.4, 0.5) is 0 Å². The van der Waals surface area contributed by atoms with Crippen molar-refractivity contribution in [3.05, 3.63) is 23.7 Å². The van der Waals surface area contributed by atoms with Crippen molar-refractivity contribution in [2.24, 2.45) is 0 Å². The molecule has 0 radical (unpaired) electrons. The number of aryl methyl sites for hydroxylation is 1. The van der Waals surface area contributed by atoms with Gasteiger partial charge in [-0.3, -0.25) is 9.59 Å². The molecule has 2 amide bonds. The van der Waals surface area contributed by atoms with E-state index in [1.807, 2.05) is 32.9 Å². The Labute approximate surface area is 119 Å². The maximum Gasteiger partial charge on any atom is 0.248 e. The van der Waals surface area contributed by atoms with Gasteiger partial charge in [-0.1, -0.05) is 13.8 Å². The topological polar surface area (TPSA) is 62.6 Å². The second-order valence-corrected chi connectivity index (χ2v) is 5.33. The van der Waals surface area contributed by atoms with E-state index in [0.29, 0.717) is 32.4 Å². The molecule has 1 aliphatic heterocycles. The smallest absolute Gasteiger partial charge is 0.248 e. The summed E-state index contributed by atoms with van der Waals surface area (Å²) in [5.41, 5.74) is -0.769. The highest BCUT2D eigenvalue weighted by molar-refractivity contribution is 5.93. The molecule has 1 saturated heterocycles. The largest absolute Gasteiger partial charge is 0.464 e. The third-order valence-electron chi connectivity index (χ3n) is 4.03. The summed E-state index contributed by atoms with van der Waals surface area (Å²) >= 11 is 0. The molecule has 1 aromatic heterocycles. The van der Waals surface area contributed by atoms with Crippen LogP contribution in [0.15, 0.2) is 16.5 Å². The van der Waals surface area contributed by atoms with E-state index in [0.717, 1.165) is 11.5 Å². The van der Waals surface area contributed by atoms with Crippen LogP contribution in [0.3, 0.4) is 0 Å². The molecule has 1 fully saturated rings. The molecule has 0 aliphatic carbocycles. The summed E-state index contributed by atoms with van der Waals surface area (Å²) < 4.78 is 5.54. The summed E-state index contributed by atoms with van der Waals surface area (Å²) in [5.74, 6) is 1.52. The normalized spacial score (nSPS) is 18.9. The van der Waals surface area contributed by atoms with Gasteiger partial charge in [-0.2, -0.15) is 0 Å². The molecule has 0 aromatic carbocycles. The van der Waals surface area contributed by atoms with Crippen molar-refractivity contribution in [1.82, 2.24) is 10.2 Å². The Morgan fingerprint density at radius 3 is 2.55 bits per heavy atom. The van der Waals surface area contributed by atoms with E-state index < -0.39 is 5.54 Å². The number of carbonyl (C=O) groups excluding carboxylic acids is 2. The number of hydrogen-bond donors (Lipinski definition) is 1. The number of amides is 2. The zero-order valence-electron chi connectivity index (χ0n) is 12.4. The van der Waals surface area contributed by atoms with Gasteiger partial charge in [0.05, 0.1) is 6.54 Å². The maximum absolute atomic E-state index is 12.8. The number of nitrogens with zero attached hydrogens (tertiary/aromatic N) is 1. The number of carbonyl (C=O) groups is 2. The third kappa shape index (κ3) is 2.71. The Bertz CT molecular complexity index is 503. The second-order valence-electron chi connectivity index (χ2n) is 5.33. The van der Waals surface area contributed by atoms with Crippen molar-refractivity contribution in [3.63, 3.8) is 0 Å². The lowest BCUT2D eigenvalue weighted by Crippen LogP contribution is -2.56. The molecule has 5 nitrogen and oxygen atoms in total. The Morgan fingerprint density at radius 1 is 1.30 bits per heavy atom. The predicted octanol–water partition coefficient (Wildman–Crippen LogP) is 2.00. The Balaban J connectivity index is 2.23. The fourth-order valence-corrected chi connectivity index (χ4v) is 2.66. The van der Waals surface area contributed by atoms with Gasteiger partial charge >= 0.3 is 0 Å². The molecule has 0 atom stereocenters. The van der Waals surface area contributed by atoms with Crippen LogP contribution in [0, 0.1) is 6.92 Å². The fourth-order valence-electron chi connectivity index (χ4n) is 2.66. The second kappa shape index (κ2) is 5.69. The van der Waals surface area contributed by atoms with Gasteiger partial charge in [0, 0.05) is 13.0 Å². The molecule has 20 heavy (non-hydrogen) atoms. The average molecular weight is 278 g/mol. The van der Waals surface area contributed by atoms with E-state index in [1.165, 1.54) is 0 Å². The van der Waals surface area contributed by atoms with Crippen LogP contribution in [-0.2, 0) is 16.1 Å². The lowest BCUT2D eigenvalue weighted by molar-refractivity contribution is -0.140. The first-order valence-corrected chi connectivity index (χ1v) is 7.16. The van der Waals surface area contributed by atoms with E-state index >= 15 is 0 Å².